The molecule has 0 aliphatic heterocycles. The number of pyridine rings is 2. The van der Waals surface area contributed by atoms with Gasteiger partial charge in [-0.2, -0.15) is 0 Å². The maximum absolute atomic E-state index is 6.58. The van der Waals surface area contributed by atoms with E-state index < -0.39 is 0 Å². The maximum atomic E-state index is 6.58. The molecule has 4 nitrogen and oxygen atoms in total. The smallest absolute Gasteiger partial charge is 0.145 e. The first-order valence-corrected chi connectivity index (χ1v) is 18.8. The Kier molecular flexibility index (Phi) is 9.00. The van der Waals surface area contributed by atoms with Crippen LogP contribution in [0.25, 0.3) is 93.7 Å². The Morgan fingerprint density at radius 3 is 2.18 bits per heavy atom. The molecular weight excluding hydrogens is 863 g/mol. The molecule has 1 radical (unpaired) electrons. The standard InChI is InChI=1S/C40H29N2O.C11H8N.Ir/c1-40(2,3)23-24-17-18-41-33(19-24)26-13-15-34-30(20-26)31-21-27(25-9-5-4-6-10-25)22-32-37-35(42(34)38(31)32)16-14-29-28-11-7-8-12-36(28)43-39(29)37;1-2-6-10(7-3-1)11-8-4-5-9-12-11;/h4-12,14-22H,23H2,1-3H3;1-6,8-9H;/q2*-1;. The fourth-order valence-electron chi connectivity index (χ4n) is 8.12. The fourth-order valence-corrected chi connectivity index (χ4v) is 8.12. The van der Waals surface area contributed by atoms with Crippen LogP contribution in [-0.2, 0) is 26.5 Å². The van der Waals surface area contributed by atoms with Crippen LogP contribution in [0.3, 0.4) is 0 Å². The van der Waals surface area contributed by atoms with E-state index in [9.17, 15) is 0 Å². The summed E-state index contributed by atoms with van der Waals surface area (Å²) in [5, 5.41) is 7.11. The number of furan rings is 1. The van der Waals surface area contributed by atoms with Crippen molar-refractivity contribution in [1.82, 2.24) is 14.4 Å². The molecule has 5 heterocycles. The average Bonchev–Trinajstić information content (AvgIpc) is 3.88. The van der Waals surface area contributed by atoms with Crippen molar-refractivity contribution in [3.05, 3.63) is 176 Å². The molecule has 11 aromatic rings. The van der Waals surface area contributed by atoms with E-state index in [0.717, 1.165) is 67.3 Å². The number of benzene rings is 6. The molecule has 273 valence electrons. The van der Waals surface area contributed by atoms with Crippen LogP contribution in [0, 0.1) is 17.5 Å². The van der Waals surface area contributed by atoms with Crippen molar-refractivity contribution < 1.29 is 24.5 Å². The fraction of sp³-hybridized carbons (Fsp3) is 0.0980. The molecule has 6 aromatic carbocycles. The first-order chi connectivity index (χ1) is 26.9. The summed E-state index contributed by atoms with van der Waals surface area (Å²) < 4.78 is 8.98. The predicted octanol–water partition coefficient (Wildman–Crippen LogP) is 13.4. The number of fused-ring (bicyclic) bond motifs is 10. The molecule has 5 aromatic heterocycles. The molecular formula is C51H37IrN3O-2. The van der Waals surface area contributed by atoms with E-state index in [1.807, 2.05) is 54.7 Å². The summed E-state index contributed by atoms with van der Waals surface area (Å²) in [6.07, 6.45) is 4.72. The third-order valence-electron chi connectivity index (χ3n) is 10.4. The van der Waals surface area contributed by atoms with Crippen molar-refractivity contribution in [3.8, 4) is 33.6 Å². The second-order valence-electron chi connectivity index (χ2n) is 15.5. The van der Waals surface area contributed by atoms with Crippen molar-refractivity contribution in [2.45, 2.75) is 27.2 Å². The quantitative estimate of drug-likeness (QED) is 0.165. The zero-order valence-electron chi connectivity index (χ0n) is 31.3. The molecule has 0 atom stereocenters. The van der Waals surface area contributed by atoms with Crippen LogP contribution in [0.15, 0.2) is 162 Å². The van der Waals surface area contributed by atoms with Gasteiger partial charge in [-0.05, 0) is 87.7 Å². The van der Waals surface area contributed by atoms with E-state index in [-0.39, 0.29) is 25.5 Å². The molecule has 11 rings (SSSR count). The van der Waals surface area contributed by atoms with Gasteiger partial charge in [-0.15, -0.1) is 59.7 Å². The Morgan fingerprint density at radius 1 is 0.589 bits per heavy atom. The number of rotatable bonds is 4. The van der Waals surface area contributed by atoms with Gasteiger partial charge in [0, 0.05) is 54.2 Å². The van der Waals surface area contributed by atoms with Crippen molar-refractivity contribution in [3.63, 3.8) is 0 Å². The molecule has 5 heteroatoms. The van der Waals surface area contributed by atoms with E-state index >= 15 is 0 Å². The molecule has 56 heavy (non-hydrogen) atoms. The largest absolute Gasteiger partial charge is 0.455 e. The van der Waals surface area contributed by atoms with Crippen LogP contribution in [-0.4, -0.2) is 14.4 Å². The van der Waals surface area contributed by atoms with Crippen LogP contribution < -0.4 is 0 Å². The minimum absolute atomic E-state index is 0. The van der Waals surface area contributed by atoms with Gasteiger partial charge in [0.1, 0.15) is 11.2 Å². The van der Waals surface area contributed by atoms with E-state index in [1.54, 1.807) is 6.20 Å². The van der Waals surface area contributed by atoms with E-state index in [1.165, 1.54) is 38.4 Å². The number of hydrogen-bond acceptors (Lipinski definition) is 3. The zero-order chi connectivity index (χ0) is 37.1. The van der Waals surface area contributed by atoms with Crippen LogP contribution in [0.4, 0.5) is 0 Å². The summed E-state index contributed by atoms with van der Waals surface area (Å²) in [6, 6.07) is 57.4. The number of para-hydroxylation sites is 1. The van der Waals surface area contributed by atoms with Gasteiger partial charge in [-0.1, -0.05) is 98.5 Å². The van der Waals surface area contributed by atoms with Crippen LogP contribution in [0.1, 0.15) is 26.3 Å². The first-order valence-electron chi connectivity index (χ1n) is 18.8. The second-order valence-corrected chi connectivity index (χ2v) is 15.5. The monoisotopic (exact) mass is 900 g/mol. The Balaban J connectivity index is 0.000000270. The predicted molar refractivity (Wildman–Crippen MR) is 228 cm³/mol. The van der Waals surface area contributed by atoms with Gasteiger partial charge in [-0.3, -0.25) is 0 Å². The van der Waals surface area contributed by atoms with E-state index in [0.29, 0.717) is 0 Å². The summed E-state index contributed by atoms with van der Waals surface area (Å²) in [5.74, 6) is 0. The minimum Gasteiger partial charge on any atom is -0.455 e. The van der Waals surface area contributed by atoms with Gasteiger partial charge < -0.3 is 18.8 Å². The summed E-state index contributed by atoms with van der Waals surface area (Å²) in [6.45, 7) is 6.83. The van der Waals surface area contributed by atoms with Crippen LogP contribution in [0.5, 0.6) is 0 Å². The van der Waals surface area contributed by atoms with Crippen molar-refractivity contribution in [2.75, 3.05) is 0 Å². The van der Waals surface area contributed by atoms with Crippen LogP contribution in [0.2, 0.25) is 0 Å². The average molecular weight is 900 g/mol. The van der Waals surface area contributed by atoms with Crippen LogP contribution >= 0.6 is 0 Å². The molecule has 0 fully saturated rings. The molecule has 0 N–H and O–H groups in total. The van der Waals surface area contributed by atoms with Gasteiger partial charge in [0.15, 0.2) is 0 Å². The van der Waals surface area contributed by atoms with Gasteiger partial charge in [0.25, 0.3) is 0 Å². The molecule has 0 aliphatic rings. The Labute approximate surface area is 339 Å². The molecule has 0 spiro atoms. The molecule has 0 bridgehead atoms. The Morgan fingerprint density at radius 2 is 1.38 bits per heavy atom. The minimum atomic E-state index is 0. The van der Waals surface area contributed by atoms with Gasteiger partial charge in [0.05, 0.1) is 10.9 Å². The Bertz CT molecular complexity index is 3100. The van der Waals surface area contributed by atoms with Gasteiger partial charge in [-0.25, -0.2) is 0 Å². The topological polar surface area (TPSA) is 43.3 Å². The van der Waals surface area contributed by atoms with E-state index in [4.69, 9.17) is 9.40 Å². The number of nitrogens with zero attached hydrogens (tertiary/aromatic N) is 3. The zero-order valence-corrected chi connectivity index (χ0v) is 33.7. The SMILES string of the molecule is CC(C)(C)Cc1ccnc(-c2[c-]cc3c(c2)c2cc(-c4ccccc4)cc4c5c6oc7ccccc7c6ccc5n3c24)c1.[Ir].[c-]1ccccc1-c1ccccn1. The van der Waals surface area contributed by atoms with E-state index in [2.05, 4.69) is 139 Å². The molecule has 0 unspecified atom stereocenters. The van der Waals surface area contributed by atoms with Gasteiger partial charge in [0.2, 0.25) is 0 Å². The first kappa shape index (κ1) is 35.6. The van der Waals surface area contributed by atoms with Crippen molar-refractivity contribution >= 4 is 60.0 Å². The van der Waals surface area contributed by atoms with Gasteiger partial charge >= 0.3 is 0 Å². The van der Waals surface area contributed by atoms with Crippen molar-refractivity contribution in [1.29, 1.82) is 0 Å². The summed E-state index contributed by atoms with van der Waals surface area (Å²) in [4.78, 5) is 8.99. The summed E-state index contributed by atoms with van der Waals surface area (Å²) in [7, 11) is 0. The Hall–Kier alpha value is -6.13. The third kappa shape index (κ3) is 6.23. The molecule has 0 saturated carbocycles. The normalized spacial score (nSPS) is 11.8. The molecule has 0 aliphatic carbocycles. The summed E-state index contributed by atoms with van der Waals surface area (Å²) in [5.41, 5.74) is 13.3. The third-order valence-corrected chi connectivity index (χ3v) is 10.4. The number of aromatic nitrogens is 3. The molecule has 0 amide bonds. The summed E-state index contributed by atoms with van der Waals surface area (Å²) >= 11 is 0. The molecule has 0 saturated heterocycles. The number of hydrogen-bond donors (Lipinski definition) is 0. The second kappa shape index (κ2) is 14.2. The van der Waals surface area contributed by atoms with Crippen molar-refractivity contribution in [2.24, 2.45) is 5.41 Å². The maximum Gasteiger partial charge on any atom is 0.145 e.